The van der Waals surface area contributed by atoms with Gasteiger partial charge in [-0.15, -0.1) is 0 Å². The van der Waals surface area contributed by atoms with Gasteiger partial charge in [-0.1, -0.05) is 44.4 Å². The second kappa shape index (κ2) is 5.62. The number of halogens is 2. The maximum absolute atomic E-state index is 13.0. The van der Waals surface area contributed by atoms with Crippen LogP contribution in [0.1, 0.15) is 45.1 Å². The van der Waals surface area contributed by atoms with Crippen molar-refractivity contribution in [2.45, 2.75) is 46.0 Å². The van der Waals surface area contributed by atoms with Gasteiger partial charge in [-0.05, 0) is 36.0 Å². The van der Waals surface area contributed by atoms with Gasteiger partial charge in [-0.2, -0.15) is 0 Å². The van der Waals surface area contributed by atoms with Gasteiger partial charge in [0.25, 0.3) is 0 Å². The second-order valence-electron chi connectivity index (χ2n) is 6.17. The summed E-state index contributed by atoms with van der Waals surface area (Å²) in [4.78, 5) is 12.5. The van der Waals surface area contributed by atoms with Crippen LogP contribution in [0.25, 0.3) is 0 Å². The first-order valence-electron chi connectivity index (χ1n) is 6.87. The molecular weight excluding hydrogens is 263 g/mol. The van der Waals surface area contributed by atoms with E-state index in [9.17, 15) is 9.18 Å². The molecule has 1 atom stereocenters. The average molecular weight is 283 g/mol. The minimum atomic E-state index is -0.362. The Kier molecular flexibility index (Phi) is 4.29. The van der Waals surface area contributed by atoms with E-state index >= 15 is 0 Å². The van der Waals surface area contributed by atoms with Crippen molar-refractivity contribution in [3.63, 3.8) is 0 Å². The molecule has 2 rings (SSSR count). The third-order valence-electron chi connectivity index (χ3n) is 4.28. The van der Waals surface area contributed by atoms with Crippen LogP contribution in [0.3, 0.4) is 0 Å². The highest BCUT2D eigenvalue weighted by atomic mass is 35.5. The van der Waals surface area contributed by atoms with Crippen molar-refractivity contribution in [1.29, 1.82) is 0 Å². The van der Waals surface area contributed by atoms with E-state index in [1.807, 2.05) is 0 Å². The van der Waals surface area contributed by atoms with E-state index in [4.69, 9.17) is 11.6 Å². The van der Waals surface area contributed by atoms with Crippen molar-refractivity contribution in [3.05, 3.63) is 34.6 Å². The van der Waals surface area contributed by atoms with Gasteiger partial charge in [-0.25, -0.2) is 4.39 Å². The molecule has 1 saturated carbocycles. The first kappa shape index (κ1) is 14.5. The number of hydrogen-bond donors (Lipinski definition) is 0. The summed E-state index contributed by atoms with van der Waals surface area (Å²) in [5, 5.41) is 0.349. The Hall–Kier alpha value is -0.890. The summed E-state index contributed by atoms with van der Waals surface area (Å²) in [7, 11) is 0. The van der Waals surface area contributed by atoms with Gasteiger partial charge in [0.2, 0.25) is 0 Å². The third kappa shape index (κ3) is 3.36. The molecule has 1 nitrogen and oxygen atoms in total. The quantitative estimate of drug-likeness (QED) is 0.778. The number of rotatable bonds is 3. The molecule has 0 spiro atoms. The van der Waals surface area contributed by atoms with Crippen molar-refractivity contribution in [3.8, 4) is 0 Å². The Bertz CT molecular complexity index is 482. The SMILES string of the molecule is CC1(C)CCCCC1C(=O)Cc1ccc(F)cc1Cl. The molecule has 0 aromatic heterocycles. The van der Waals surface area contributed by atoms with Crippen molar-refractivity contribution in [1.82, 2.24) is 0 Å². The van der Waals surface area contributed by atoms with E-state index < -0.39 is 0 Å². The Labute approximate surface area is 119 Å². The van der Waals surface area contributed by atoms with E-state index in [0.717, 1.165) is 24.8 Å². The predicted molar refractivity (Wildman–Crippen MR) is 75.9 cm³/mol. The maximum Gasteiger partial charge on any atom is 0.140 e. The normalized spacial score (nSPS) is 22.2. The summed E-state index contributed by atoms with van der Waals surface area (Å²) in [5.74, 6) is -0.0280. The number of benzene rings is 1. The van der Waals surface area contributed by atoms with Gasteiger partial charge in [0, 0.05) is 17.4 Å². The van der Waals surface area contributed by atoms with Crippen LogP contribution < -0.4 is 0 Å². The number of carbonyl (C=O) groups is 1. The molecule has 1 aromatic carbocycles. The molecule has 19 heavy (non-hydrogen) atoms. The lowest BCUT2D eigenvalue weighted by atomic mass is 9.66. The van der Waals surface area contributed by atoms with Crippen LogP contribution in [0.15, 0.2) is 18.2 Å². The molecule has 0 saturated heterocycles. The Morgan fingerprint density at radius 1 is 1.42 bits per heavy atom. The fourth-order valence-electron chi connectivity index (χ4n) is 3.07. The van der Waals surface area contributed by atoms with Crippen LogP contribution in [-0.4, -0.2) is 5.78 Å². The lowest BCUT2D eigenvalue weighted by Gasteiger charge is -2.37. The topological polar surface area (TPSA) is 17.1 Å². The second-order valence-corrected chi connectivity index (χ2v) is 6.57. The molecule has 0 radical (unpaired) electrons. The molecule has 0 bridgehead atoms. The van der Waals surface area contributed by atoms with Crippen molar-refractivity contribution >= 4 is 17.4 Å². The highest BCUT2D eigenvalue weighted by Crippen LogP contribution is 2.41. The van der Waals surface area contributed by atoms with Crippen molar-refractivity contribution < 1.29 is 9.18 Å². The van der Waals surface area contributed by atoms with Crippen molar-refractivity contribution in [2.75, 3.05) is 0 Å². The van der Waals surface area contributed by atoms with Gasteiger partial charge >= 0.3 is 0 Å². The van der Waals surface area contributed by atoms with Gasteiger partial charge in [-0.3, -0.25) is 4.79 Å². The highest BCUT2D eigenvalue weighted by Gasteiger charge is 2.36. The molecule has 0 N–H and O–H groups in total. The summed E-state index contributed by atoms with van der Waals surface area (Å²) in [5.41, 5.74) is 0.802. The zero-order valence-electron chi connectivity index (χ0n) is 11.5. The molecule has 0 heterocycles. The van der Waals surface area contributed by atoms with Crippen LogP contribution in [-0.2, 0) is 11.2 Å². The van der Waals surface area contributed by atoms with E-state index in [1.54, 1.807) is 6.07 Å². The number of Topliss-reactive ketones (excluding diaryl/α,β-unsaturated/α-hetero) is 1. The van der Waals surface area contributed by atoms with Crippen LogP contribution >= 0.6 is 11.6 Å². The Morgan fingerprint density at radius 2 is 2.16 bits per heavy atom. The minimum absolute atomic E-state index is 0.0713. The standard InChI is InChI=1S/C16H20ClFO/c1-16(2)8-4-3-5-13(16)15(19)9-11-6-7-12(18)10-14(11)17/h6-7,10,13H,3-5,8-9H2,1-2H3. The first-order chi connectivity index (χ1) is 8.90. The summed E-state index contributed by atoms with van der Waals surface area (Å²) < 4.78 is 13.0. The minimum Gasteiger partial charge on any atom is -0.299 e. The predicted octanol–water partition coefficient (Wildman–Crippen LogP) is 4.81. The van der Waals surface area contributed by atoms with E-state index in [0.29, 0.717) is 11.4 Å². The van der Waals surface area contributed by atoms with Crippen molar-refractivity contribution in [2.24, 2.45) is 11.3 Å². The Morgan fingerprint density at radius 3 is 2.79 bits per heavy atom. The summed E-state index contributed by atoms with van der Waals surface area (Å²) in [6.07, 6.45) is 4.70. The third-order valence-corrected chi connectivity index (χ3v) is 4.63. The van der Waals surface area contributed by atoms with Crippen LogP contribution in [0, 0.1) is 17.2 Å². The Balaban J connectivity index is 2.12. The number of carbonyl (C=O) groups excluding carboxylic acids is 1. The molecule has 1 aliphatic carbocycles. The summed E-state index contributed by atoms with van der Waals surface area (Å²) in [6, 6.07) is 4.25. The molecular formula is C16H20ClFO. The first-order valence-corrected chi connectivity index (χ1v) is 7.24. The van der Waals surface area contributed by atoms with E-state index in [1.165, 1.54) is 18.6 Å². The molecule has 0 amide bonds. The monoisotopic (exact) mass is 282 g/mol. The molecule has 1 fully saturated rings. The van der Waals surface area contributed by atoms with Gasteiger partial charge < -0.3 is 0 Å². The fraction of sp³-hybridized carbons (Fsp3) is 0.562. The molecule has 104 valence electrons. The van der Waals surface area contributed by atoms with Crippen LogP contribution in [0.2, 0.25) is 5.02 Å². The lowest BCUT2D eigenvalue weighted by Crippen LogP contribution is -2.34. The van der Waals surface area contributed by atoms with Crippen LogP contribution in [0.5, 0.6) is 0 Å². The zero-order chi connectivity index (χ0) is 14.0. The summed E-state index contributed by atoms with van der Waals surface area (Å²) >= 11 is 5.99. The van der Waals surface area contributed by atoms with E-state index in [2.05, 4.69) is 13.8 Å². The number of hydrogen-bond acceptors (Lipinski definition) is 1. The van der Waals surface area contributed by atoms with Gasteiger partial charge in [0.1, 0.15) is 11.6 Å². The maximum atomic E-state index is 13.0. The number of ketones is 1. The lowest BCUT2D eigenvalue weighted by molar-refractivity contribution is -0.127. The highest BCUT2D eigenvalue weighted by molar-refractivity contribution is 6.31. The smallest absolute Gasteiger partial charge is 0.140 e. The summed E-state index contributed by atoms with van der Waals surface area (Å²) in [6.45, 7) is 4.34. The van der Waals surface area contributed by atoms with Gasteiger partial charge in [0.15, 0.2) is 0 Å². The molecule has 3 heteroatoms. The fourth-order valence-corrected chi connectivity index (χ4v) is 3.30. The van der Waals surface area contributed by atoms with Gasteiger partial charge in [0.05, 0.1) is 0 Å². The molecule has 0 aliphatic heterocycles. The zero-order valence-corrected chi connectivity index (χ0v) is 12.3. The van der Waals surface area contributed by atoms with E-state index in [-0.39, 0.29) is 22.9 Å². The molecule has 1 aromatic rings. The molecule has 1 aliphatic rings. The van der Waals surface area contributed by atoms with Crippen LogP contribution in [0.4, 0.5) is 4.39 Å². The molecule has 1 unspecified atom stereocenters. The largest absolute Gasteiger partial charge is 0.299 e. The average Bonchev–Trinajstić information content (AvgIpc) is 2.32.